The number of aryl methyl sites for hydroxylation is 2. The van der Waals surface area contributed by atoms with Crippen molar-refractivity contribution in [1.82, 2.24) is 4.31 Å². The van der Waals surface area contributed by atoms with E-state index in [-0.39, 0.29) is 22.9 Å². The molecule has 1 atom stereocenters. The maximum absolute atomic E-state index is 13.4. The first-order valence-electron chi connectivity index (χ1n) is 8.01. The van der Waals surface area contributed by atoms with Crippen LogP contribution in [-0.2, 0) is 26.4 Å². The normalized spacial score (nSPS) is 20.2. The minimum Gasteiger partial charge on any atom is -0.229 e. The molecule has 3 rings (SSSR count). The fourth-order valence-electron chi connectivity index (χ4n) is 3.08. The lowest BCUT2D eigenvalue weighted by molar-refractivity contribution is 0.336. The number of hydrogen-bond acceptors (Lipinski definition) is 5. The Hall–Kier alpha value is -1.22. The van der Waals surface area contributed by atoms with Gasteiger partial charge in [-0.15, -0.1) is 11.3 Å². The highest BCUT2D eigenvalue weighted by atomic mass is 32.2. The summed E-state index contributed by atoms with van der Waals surface area (Å²) in [5.41, 5.74) is 1.53. The lowest BCUT2D eigenvalue weighted by atomic mass is 10.2. The Morgan fingerprint density at radius 3 is 2.60 bits per heavy atom. The topological polar surface area (TPSA) is 71.5 Å². The molecule has 0 unspecified atom stereocenters. The molecule has 0 saturated carbocycles. The van der Waals surface area contributed by atoms with Crippen molar-refractivity contribution >= 4 is 31.2 Å². The summed E-state index contributed by atoms with van der Waals surface area (Å²) in [6, 6.07) is 8.55. The summed E-state index contributed by atoms with van der Waals surface area (Å²) in [5, 5.41) is 1.89. The van der Waals surface area contributed by atoms with Crippen LogP contribution in [0, 0.1) is 13.8 Å². The molecule has 1 saturated heterocycles. The van der Waals surface area contributed by atoms with Crippen LogP contribution >= 0.6 is 11.3 Å². The maximum Gasteiger partial charge on any atom is 0.243 e. The van der Waals surface area contributed by atoms with Crippen molar-refractivity contribution in [2.45, 2.75) is 37.8 Å². The van der Waals surface area contributed by atoms with E-state index >= 15 is 0 Å². The van der Waals surface area contributed by atoms with E-state index in [1.54, 1.807) is 19.1 Å². The van der Waals surface area contributed by atoms with Crippen molar-refractivity contribution < 1.29 is 16.8 Å². The van der Waals surface area contributed by atoms with Gasteiger partial charge in [0.2, 0.25) is 10.0 Å². The van der Waals surface area contributed by atoms with Gasteiger partial charge >= 0.3 is 0 Å². The average Bonchev–Trinajstić information content (AvgIpc) is 3.16. The summed E-state index contributed by atoms with van der Waals surface area (Å²) in [7, 11) is -6.97. The zero-order chi connectivity index (χ0) is 18.2. The molecule has 1 fully saturated rings. The van der Waals surface area contributed by atoms with E-state index in [1.807, 2.05) is 30.5 Å². The number of rotatable bonds is 5. The minimum absolute atomic E-state index is 0.0426. The first kappa shape index (κ1) is 18.6. The lowest BCUT2D eigenvalue weighted by Crippen LogP contribution is -2.40. The van der Waals surface area contributed by atoms with Gasteiger partial charge in [0.05, 0.1) is 16.4 Å². The van der Waals surface area contributed by atoms with Crippen molar-refractivity contribution in [3.05, 3.63) is 51.7 Å². The highest BCUT2D eigenvalue weighted by Gasteiger charge is 2.39. The molecule has 1 aliphatic rings. The summed E-state index contributed by atoms with van der Waals surface area (Å²) in [4.78, 5) is 1.16. The predicted octanol–water partition coefficient (Wildman–Crippen LogP) is 2.74. The van der Waals surface area contributed by atoms with Gasteiger partial charge in [-0.3, -0.25) is 0 Å². The number of benzene rings is 1. The molecule has 1 aliphatic heterocycles. The number of nitrogens with zero attached hydrogens (tertiary/aromatic N) is 1. The third-order valence-corrected chi connectivity index (χ3v) is 9.09. The number of hydrogen-bond donors (Lipinski definition) is 0. The molecule has 1 aromatic carbocycles. The molecule has 2 heterocycles. The molecule has 1 aromatic heterocycles. The van der Waals surface area contributed by atoms with Crippen LogP contribution in [0.4, 0.5) is 0 Å². The lowest BCUT2D eigenvalue weighted by Gasteiger charge is -2.27. The third-order valence-electron chi connectivity index (χ3n) is 4.44. The van der Waals surface area contributed by atoms with Crippen LogP contribution in [0.2, 0.25) is 0 Å². The van der Waals surface area contributed by atoms with Gasteiger partial charge in [-0.2, -0.15) is 4.31 Å². The first-order chi connectivity index (χ1) is 11.7. The highest BCUT2D eigenvalue weighted by Crippen LogP contribution is 2.30. The van der Waals surface area contributed by atoms with E-state index in [2.05, 4.69) is 0 Å². The standard InChI is InChI=1S/C17H21NO4S3/c1-13-5-6-14(2)17(10-13)25(21,22)18(11-16-4-3-8-23-16)15-7-9-24(19,20)12-15/h3-6,8,10,15H,7,9,11-12H2,1-2H3/t15-/m0/s1. The molecule has 0 bridgehead atoms. The summed E-state index contributed by atoms with van der Waals surface area (Å²) in [6.45, 7) is 3.82. The summed E-state index contributed by atoms with van der Waals surface area (Å²) < 4.78 is 51.9. The van der Waals surface area contributed by atoms with Crippen LogP contribution < -0.4 is 0 Å². The predicted molar refractivity (Wildman–Crippen MR) is 100 cm³/mol. The molecule has 5 nitrogen and oxygen atoms in total. The molecule has 0 amide bonds. The molecule has 25 heavy (non-hydrogen) atoms. The van der Waals surface area contributed by atoms with Crippen LogP contribution in [0.15, 0.2) is 40.6 Å². The summed E-state index contributed by atoms with van der Waals surface area (Å²) >= 11 is 1.47. The second kappa shape index (κ2) is 6.83. The SMILES string of the molecule is Cc1ccc(C)c(S(=O)(=O)N(Cc2cccs2)[C@H]2CCS(=O)(=O)C2)c1. The quantitative estimate of drug-likeness (QED) is 0.775. The Kier molecular flexibility index (Phi) is 5.07. The van der Waals surface area contributed by atoms with E-state index in [0.29, 0.717) is 12.0 Å². The van der Waals surface area contributed by atoms with Crippen molar-refractivity contribution in [3.8, 4) is 0 Å². The smallest absolute Gasteiger partial charge is 0.229 e. The van der Waals surface area contributed by atoms with Gasteiger partial charge < -0.3 is 0 Å². The highest BCUT2D eigenvalue weighted by molar-refractivity contribution is 7.92. The van der Waals surface area contributed by atoms with Crippen molar-refractivity contribution in [2.24, 2.45) is 0 Å². The van der Waals surface area contributed by atoms with Crippen LogP contribution in [0.1, 0.15) is 22.4 Å². The average molecular weight is 400 g/mol. The van der Waals surface area contributed by atoms with Gasteiger partial charge in [-0.1, -0.05) is 18.2 Å². The number of sulfone groups is 1. The molecule has 8 heteroatoms. The fraction of sp³-hybridized carbons (Fsp3) is 0.412. The molecule has 0 aliphatic carbocycles. The van der Waals surface area contributed by atoms with Gasteiger partial charge in [0, 0.05) is 17.5 Å². The minimum atomic E-state index is -3.79. The van der Waals surface area contributed by atoms with Crippen LogP contribution in [0.25, 0.3) is 0 Å². The second-order valence-corrected chi connectivity index (χ2v) is 11.6. The van der Waals surface area contributed by atoms with Crippen molar-refractivity contribution in [1.29, 1.82) is 0 Å². The Morgan fingerprint density at radius 2 is 2.00 bits per heavy atom. The Morgan fingerprint density at radius 1 is 1.24 bits per heavy atom. The van der Waals surface area contributed by atoms with Crippen LogP contribution in [-0.4, -0.2) is 38.7 Å². The van der Waals surface area contributed by atoms with E-state index in [0.717, 1.165) is 10.4 Å². The number of thiophene rings is 1. The largest absolute Gasteiger partial charge is 0.243 e. The number of sulfonamides is 1. The van der Waals surface area contributed by atoms with Gasteiger partial charge in [0.15, 0.2) is 9.84 Å². The Bertz CT molecular complexity index is 963. The Labute approximate surface area is 153 Å². The van der Waals surface area contributed by atoms with E-state index < -0.39 is 25.9 Å². The zero-order valence-electron chi connectivity index (χ0n) is 14.2. The molecule has 0 N–H and O–H groups in total. The first-order valence-corrected chi connectivity index (χ1v) is 12.1. The molecule has 0 spiro atoms. The van der Waals surface area contributed by atoms with Crippen LogP contribution in [0.3, 0.4) is 0 Å². The van der Waals surface area contributed by atoms with E-state index in [4.69, 9.17) is 0 Å². The Balaban J connectivity index is 2.05. The van der Waals surface area contributed by atoms with Gasteiger partial charge in [0.1, 0.15) is 0 Å². The monoisotopic (exact) mass is 399 g/mol. The fourth-order valence-corrected chi connectivity index (χ4v) is 7.63. The van der Waals surface area contributed by atoms with Crippen molar-refractivity contribution in [2.75, 3.05) is 11.5 Å². The molecule has 136 valence electrons. The molecular formula is C17H21NO4S3. The van der Waals surface area contributed by atoms with Gasteiger partial charge in [-0.25, -0.2) is 16.8 Å². The third kappa shape index (κ3) is 3.97. The zero-order valence-corrected chi connectivity index (χ0v) is 16.6. The van der Waals surface area contributed by atoms with Crippen LogP contribution in [0.5, 0.6) is 0 Å². The molecule has 0 radical (unpaired) electrons. The molecule has 2 aromatic rings. The van der Waals surface area contributed by atoms with E-state index in [1.165, 1.54) is 15.6 Å². The second-order valence-electron chi connectivity index (χ2n) is 6.46. The van der Waals surface area contributed by atoms with Crippen molar-refractivity contribution in [3.63, 3.8) is 0 Å². The summed E-state index contributed by atoms with van der Waals surface area (Å²) in [5.74, 6) is -0.0661. The van der Waals surface area contributed by atoms with Gasteiger partial charge in [-0.05, 0) is 48.9 Å². The van der Waals surface area contributed by atoms with Gasteiger partial charge in [0.25, 0.3) is 0 Å². The molecular weight excluding hydrogens is 378 g/mol. The maximum atomic E-state index is 13.4. The summed E-state index contributed by atoms with van der Waals surface area (Å²) in [6.07, 6.45) is 0.345. The van der Waals surface area contributed by atoms with E-state index in [9.17, 15) is 16.8 Å².